The Morgan fingerprint density at radius 2 is 1.91 bits per heavy atom. The van der Waals surface area contributed by atoms with Gasteiger partial charge in [0.25, 0.3) is 5.91 Å². The highest BCUT2D eigenvalue weighted by molar-refractivity contribution is 5.95. The Bertz CT molecular complexity index is 1300. The summed E-state index contributed by atoms with van der Waals surface area (Å²) < 4.78 is 43.0. The number of halogens is 3. The number of hydrogen-bond acceptors (Lipinski definition) is 5. The first-order valence-corrected chi connectivity index (χ1v) is 10.6. The van der Waals surface area contributed by atoms with E-state index >= 15 is 0 Å². The molecule has 1 aliphatic rings. The number of aromatic nitrogens is 4. The van der Waals surface area contributed by atoms with Crippen LogP contribution >= 0.6 is 0 Å². The first-order chi connectivity index (χ1) is 15.9. The van der Waals surface area contributed by atoms with Gasteiger partial charge in [-0.3, -0.25) is 9.48 Å². The lowest BCUT2D eigenvalue weighted by Gasteiger charge is -2.36. The number of rotatable bonds is 3. The maximum absolute atomic E-state index is 13.5. The van der Waals surface area contributed by atoms with Crippen molar-refractivity contribution in [1.29, 1.82) is 5.26 Å². The first-order valence-electron chi connectivity index (χ1n) is 10.6. The molecule has 0 spiro atoms. The normalized spacial score (nSPS) is 17.7. The van der Waals surface area contributed by atoms with Crippen LogP contribution in [0.5, 0.6) is 0 Å². The van der Waals surface area contributed by atoms with Crippen molar-refractivity contribution in [2.24, 2.45) is 7.05 Å². The number of benzene rings is 1. The highest BCUT2D eigenvalue weighted by atomic mass is 19.4. The summed E-state index contributed by atoms with van der Waals surface area (Å²) in [6.45, 7) is 4.32. The molecule has 3 heterocycles. The average molecular weight is 472 g/mol. The lowest BCUT2D eigenvalue weighted by molar-refractivity contribution is -0.263. The fourth-order valence-corrected chi connectivity index (χ4v) is 4.36. The van der Waals surface area contributed by atoms with E-state index in [0.717, 1.165) is 5.56 Å². The van der Waals surface area contributed by atoms with Gasteiger partial charge in [0, 0.05) is 24.7 Å². The van der Waals surface area contributed by atoms with Crippen LogP contribution in [0.4, 0.5) is 13.2 Å². The molecule has 0 aliphatic carbocycles. The summed E-state index contributed by atoms with van der Waals surface area (Å²) >= 11 is 0. The highest BCUT2D eigenvalue weighted by Gasteiger charge is 2.55. The number of alkyl halides is 3. The van der Waals surface area contributed by atoms with E-state index in [1.807, 2.05) is 0 Å². The van der Waals surface area contributed by atoms with E-state index in [1.165, 1.54) is 15.4 Å². The van der Waals surface area contributed by atoms with Gasteiger partial charge in [-0.05, 0) is 32.9 Å². The molecular weight excluding hydrogens is 449 g/mol. The minimum Gasteiger partial charge on any atom is -0.374 e. The van der Waals surface area contributed by atoms with Crippen LogP contribution in [0, 0.1) is 18.3 Å². The molecule has 0 bridgehead atoms. The summed E-state index contributed by atoms with van der Waals surface area (Å²) in [5.74, 6) is -0.801. The zero-order valence-electron chi connectivity index (χ0n) is 19.1. The van der Waals surface area contributed by atoms with E-state index in [-0.39, 0.29) is 19.0 Å². The summed E-state index contributed by atoms with van der Waals surface area (Å²) in [6.07, 6.45) is -3.63. The molecule has 1 aliphatic heterocycles. The predicted octanol–water partition coefficient (Wildman–Crippen LogP) is 3.45. The number of amides is 1. The molecule has 0 saturated carbocycles. The summed E-state index contributed by atoms with van der Waals surface area (Å²) in [5, 5.41) is 23.6. The van der Waals surface area contributed by atoms with Gasteiger partial charge in [0.05, 0.1) is 41.8 Å². The van der Waals surface area contributed by atoms with Crippen LogP contribution in [0.15, 0.2) is 30.5 Å². The number of aliphatic hydroxyl groups is 1. The molecule has 8 nitrogen and oxygen atoms in total. The Morgan fingerprint density at radius 1 is 1.26 bits per heavy atom. The lowest BCUT2D eigenvalue weighted by atomic mass is 10.0. The van der Waals surface area contributed by atoms with Crippen molar-refractivity contribution in [2.45, 2.75) is 45.1 Å². The predicted molar refractivity (Wildman–Crippen MR) is 115 cm³/mol. The number of hydrogen-bond donors (Lipinski definition) is 1. The zero-order chi connectivity index (χ0) is 25.0. The topological polar surface area (TPSA) is 100.0 Å². The van der Waals surface area contributed by atoms with Gasteiger partial charge in [-0.25, -0.2) is 4.98 Å². The van der Waals surface area contributed by atoms with E-state index < -0.39 is 23.6 Å². The number of fused-ring (bicyclic) bond motifs is 1. The van der Waals surface area contributed by atoms with Crippen LogP contribution in [0.1, 0.15) is 53.0 Å². The number of carbonyl (C=O) groups is 1. The smallest absolute Gasteiger partial charge is 0.374 e. The molecule has 0 saturated heterocycles. The van der Waals surface area contributed by atoms with Crippen LogP contribution in [-0.4, -0.2) is 48.0 Å². The van der Waals surface area contributed by atoms with Gasteiger partial charge < -0.3 is 14.6 Å². The second-order valence-electron chi connectivity index (χ2n) is 8.68. The van der Waals surface area contributed by atoms with Crippen molar-refractivity contribution in [3.8, 4) is 17.3 Å². The molecule has 0 unspecified atom stereocenters. The average Bonchev–Trinajstić information content (AvgIpc) is 3.34. The fraction of sp³-hybridized carbons (Fsp3) is 0.391. The van der Waals surface area contributed by atoms with Crippen molar-refractivity contribution in [3.05, 3.63) is 58.8 Å². The van der Waals surface area contributed by atoms with Gasteiger partial charge in [0.2, 0.25) is 5.60 Å². The van der Waals surface area contributed by atoms with Crippen LogP contribution in [0.2, 0.25) is 0 Å². The number of carbonyl (C=O) groups excluding carboxylic acids is 1. The first kappa shape index (κ1) is 23.5. The van der Waals surface area contributed by atoms with Gasteiger partial charge in [0.1, 0.15) is 5.69 Å². The van der Waals surface area contributed by atoms with Crippen molar-refractivity contribution in [1.82, 2.24) is 24.2 Å². The quantitative estimate of drug-likeness (QED) is 0.630. The molecule has 1 amide bonds. The molecule has 1 aromatic carbocycles. The van der Waals surface area contributed by atoms with Gasteiger partial charge in [-0.15, -0.1) is 0 Å². The Kier molecular flexibility index (Phi) is 5.52. The SMILES string of the molecule is Cc1c(-c2ccc(C#N)cc2)nn(C)c1C(=O)N1Cc2cnc([C@@](C)(O)C(F)(F)F)n2[C@@H](C)C1. The summed E-state index contributed by atoms with van der Waals surface area (Å²) in [4.78, 5) is 18.9. The van der Waals surface area contributed by atoms with Crippen molar-refractivity contribution in [3.63, 3.8) is 0 Å². The van der Waals surface area contributed by atoms with E-state index in [2.05, 4.69) is 16.2 Å². The van der Waals surface area contributed by atoms with E-state index in [9.17, 15) is 23.1 Å². The molecular formula is C23H23F3N6O2. The number of nitrogens with zero attached hydrogens (tertiary/aromatic N) is 6. The highest BCUT2D eigenvalue weighted by Crippen LogP contribution is 2.40. The van der Waals surface area contributed by atoms with Gasteiger partial charge >= 0.3 is 6.18 Å². The maximum atomic E-state index is 13.5. The number of imidazole rings is 1. The maximum Gasteiger partial charge on any atom is 0.424 e. The third-order valence-corrected chi connectivity index (χ3v) is 6.20. The van der Waals surface area contributed by atoms with Crippen molar-refractivity contribution < 1.29 is 23.1 Å². The van der Waals surface area contributed by atoms with Crippen LogP contribution < -0.4 is 0 Å². The van der Waals surface area contributed by atoms with E-state index in [4.69, 9.17) is 5.26 Å². The second-order valence-corrected chi connectivity index (χ2v) is 8.68. The summed E-state index contributed by atoms with van der Waals surface area (Å²) in [6, 6.07) is 8.39. The van der Waals surface area contributed by atoms with Gasteiger partial charge in [-0.1, -0.05) is 12.1 Å². The summed E-state index contributed by atoms with van der Waals surface area (Å²) in [5.41, 5.74) is 0.186. The lowest BCUT2D eigenvalue weighted by Crippen LogP contribution is -2.46. The Labute approximate surface area is 193 Å². The van der Waals surface area contributed by atoms with Gasteiger partial charge in [0.15, 0.2) is 5.82 Å². The molecule has 0 radical (unpaired) electrons. The minimum atomic E-state index is -4.89. The summed E-state index contributed by atoms with van der Waals surface area (Å²) in [7, 11) is 1.66. The molecule has 4 rings (SSSR count). The Hall–Kier alpha value is -3.65. The Morgan fingerprint density at radius 3 is 2.50 bits per heavy atom. The van der Waals surface area contributed by atoms with Crippen molar-refractivity contribution in [2.75, 3.05) is 6.54 Å². The molecule has 3 aromatic rings. The van der Waals surface area contributed by atoms with Gasteiger partial charge in [-0.2, -0.15) is 23.5 Å². The number of aryl methyl sites for hydroxylation is 1. The van der Waals surface area contributed by atoms with Crippen LogP contribution in [-0.2, 0) is 19.2 Å². The standard InChI is InChI=1S/C23H23F3N6O2/c1-13-11-31(12-17-10-28-21(32(13)17)22(3,34)23(24,25)26)20(33)19-14(2)18(29-30(19)4)16-7-5-15(9-27)6-8-16/h5-8,10,13,34H,11-12H2,1-4H3/t13-,22+/m0/s1. The Balaban J connectivity index is 1.65. The van der Waals surface area contributed by atoms with Crippen LogP contribution in [0.3, 0.4) is 0 Å². The fourth-order valence-electron chi connectivity index (χ4n) is 4.36. The molecule has 0 fully saturated rings. The van der Waals surface area contributed by atoms with Crippen molar-refractivity contribution >= 4 is 5.91 Å². The zero-order valence-corrected chi connectivity index (χ0v) is 19.1. The third kappa shape index (κ3) is 3.64. The molecule has 2 aromatic heterocycles. The monoisotopic (exact) mass is 472 g/mol. The number of nitriles is 1. The molecule has 2 atom stereocenters. The minimum absolute atomic E-state index is 0.0426. The second kappa shape index (κ2) is 7.99. The largest absolute Gasteiger partial charge is 0.424 e. The van der Waals surface area contributed by atoms with Crippen LogP contribution in [0.25, 0.3) is 11.3 Å². The molecule has 1 N–H and O–H groups in total. The third-order valence-electron chi connectivity index (χ3n) is 6.20. The van der Waals surface area contributed by atoms with E-state index in [0.29, 0.717) is 35.1 Å². The molecule has 11 heteroatoms. The molecule has 178 valence electrons. The van der Waals surface area contributed by atoms with E-state index in [1.54, 1.807) is 50.1 Å². The molecule has 34 heavy (non-hydrogen) atoms.